The zero-order valence-corrected chi connectivity index (χ0v) is 18.1. The molecule has 0 saturated carbocycles. The van der Waals surface area contributed by atoms with Gasteiger partial charge >= 0.3 is 5.97 Å². The van der Waals surface area contributed by atoms with Crippen LogP contribution in [0.5, 0.6) is 11.5 Å². The van der Waals surface area contributed by atoms with E-state index in [1.54, 1.807) is 0 Å². The Balaban J connectivity index is 1.60. The van der Waals surface area contributed by atoms with Gasteiger partial charge in [-0.2, -0.15) is 0 Å². The largest absolute Gasteiger partial charge is 0.504 e. The van der Waals surface area contributed by atoms with Crippen LogP contribution in [0.15, 0.2) is 24.3 Å². The maximum absolute atomic E-state index is 12.1. The van der Waals surface area contributed by atoms with Gasteiger partial charge in [-0.15, -0.1) is 0 Å². The average Bonchev–Trinajstić information content (AvgIpc) is 2.84. The Labute approximate surface area is 198 Å². The summed E-state index contributed by atoms with van der Waals surface area (Å²) in [5, 5.41) is 88.1. The summed E-state index contributed by atoms with van der Waals surface area (Å²) in [4.78, 5) is 12.1. The van der Waals surface area contributed by atoms with Gasteiger partial charge in [0.25, 0.3) is 0 Å². The normalized spacial score (nSPS) is 37.9. The molecule has 14 heteroatoms. The number of aliphatic hydroxyl groups excluding tert-OH is 7. The molecule has 0 bridgehead atoms. The lowest BCUT2D eigenvalue weighted by Crippen LogP contribution is -2.61. The van der Waals surface area contributed by atoms with Crippen molar-refractivity contribution in [2.75, 3.05) is 13.2 Å². The molecule has 196 valence electrons. The van der Waals surface area contributed by atoms with Crippen LogP contribution in [-0.4, -0.2) is 127 Å². The molecule has 14 nitrogen and oxygen atoms in total. The molecule has 0 spiro atoms. The Kier molecular flexibility index (Phi) is 9.00. The first kappa shape index (κ1) is 27.2. The van der Waals surface area contributed by atoms with E-state index in [1.807, 2.05) is 0 Å². The van der Waals surface area contributed by atoms with E-state index in [1.165, 1.54) is 24.3 Å². The van der Waals surface area contributed by atoms with Crippen LogP contribution in [0.3, 0.4) is 0 Å². The molecule has 3 rings (SSSR count). The summed E-state index contributed by atoms with van der Waals surface area (Å²) in [6.07, 6.45) is -14.1. The van der Waals surface area contributed by atoms with Crippen molar-refractivity contribution in [1.29, 1.82) is 0 Å². The lowest BCUT2D eigenvalue weighted by molar-refractivity contribution is -0.326. The van der Waals surface area contributed by atoms with Crippen molar-refractivity contribution in [3.63, 3.8) is 0 Å². The highest BCUT2D eigenvalue weighted by Gasteiger charge is 2.48. The number of phenols is 2. The Morgan fingerprint density at radius 1 is 0.829 bits per heavy atom. The maximum Gasteiger partial charge on any atom is 0.333 e. The monoisotopic (exact) mass is 504 g/mol. The number of rotatable bonds is 7. The van der Waals surface area contributed by atoms with E-state index < -0.39 is 86.3 Å². The summed E-state index contributed by atoms with van der Waals surface area (Å²) in [6.45, 7) is -1.27. The number of esters is 1. The number of aliphatic hydroxyl groups is 7. The minimum Gasteiger partial charge on any atom is -0.504 e. The highest BCUT2D eigenvalue weighted by atomic mass is 16.7. The number of benzene rings is 1. The number of hydrogen-bond acceptors (Lipinski definition) is 14. The summed E-state index contributed by atoms with van der Waals surface area (Å²) >= 11 is 0. The molecule has 0 aliphatic carbocycles. The van der Waals surface area contributed by atoms with E-state index in [9.17, 15) is 50.8 Å². The Bertz CT molecular complexity index is 891. The van der Waals surface area contributed by atoms with Gasteiger partial charge in [-0.1, -0.05) is 6.07 Å². The molecule has 2 heterocycles. The third-order valence-corrected chi connectivity index (χ3v) is 5.59. The number of aromatic hydroxyl groups is 2. The minimum atomic E-state index is -1.83. The van der Waals surface area contributed by atoms with Crippen LogP contribution in [0.25, 0.3) is 6.08 Å². The number of carbonyl (C=O) groups is 1. The van der Waals surface area contributed by atoms with Gasteiger partial charge < -0.3 is 64.9 Å². The molecule has 1 aromatic rings. The minimum absolute atomic E-state index is 0.337. The van der Waals surface area contributed by atoms with Gasteiger partial charge in [0.1, 0.15) is 48.8 Å². The average molecular weight is 504 g/mol. The first-order valence-electron chi connectivity index (χ1n) is 10.6. The van der Waals surface area contributed by atoms with Gasteiger partial charge in [-0.05, 0) is 23.8 Å². The summed E-state index contributed by atoms with van der Waals surface area (Å²) in [6, 6.07) is 3.78. The molecule has 2 aliphatic heterocycles. The zero-order valence-electron chi connectivity index (χ0n) is 18.1. The summed E-state index contributed by atoms with van der Waals surface area (Å²) in [7, 11) is 0. The van der Waals surface area contributed by atoms with E-state index in [4.69, 9.17) is 18.9 Å². The summed E-state index contributed by atoms with van der Waals surface area (Å²) in [5.41, 5.74) is 0.337. The molecule has 0 radical (unpaired) electrons. The third kappa shape index (κ3) is 6.25. The Morgan fingerprint density at radius 2 is 1.43 bits per heavy atom. The highest BCUT2D eigenvalue weighted by molar-refractivity contribution is 5.87. The van der Waals surface area contributed by atoms with Crippen molar-refractivity contribution in [2.45, 2.75) is 61.4 Å². The molecule has 35 heavy (non-hydrogen) atoms. The van der Waals surface area contributed by atoms with Crippen LogP contribution in [0.1, 0.15) is 5.56 Å². The summed E-state index contributed by atoms with van der Waals surface area (Å²) in [5.74, 6) is -1.78. The smallest absolute Gasteiger partial charge is 0.333 e. The molecule has 2 fully saturated rings. The first-order chi connectivity index (χ1) is 16.5. The Hall–Kier alpha value is -2.37. The molecule has 1 unspecified atom stereocenters. The van der Waals surface area contributed by atoms with Crippen LogP contribution >= 0.6 is 0 Å². The van der Waals surface area contributed by atoms with Crippen LogP contribution in [0.4, 0.5) is 0 Å². The SMILES string of the molecule is O=C(/C=C/c1ccc(O)c(O)c1)O[C@@H]1O[C@H](COC2O[C@H](CO)[C@@H](O)[C@H](O)[C@H]2O)[C@@H](O)[C@H](O)[C@H]1O. The fourth-order valence-electron chi connectivity index (χ4n) is 3.51. The van der Waals surface area contributed by atoms with Crippen LogP contribution < -0.4 is 0 Å². The van der Waals surface area contributed by atoms with Gasteiger partial charge in [0.05, 0.1) is 13.2 Å². The fourth-order valence-corrected chi connectivity index (χ4v) is 3.51. The van der Waals surface area contributed by atoms with Crippen molar-refractivity contribution in [1.82, 2.24) is 0 Å². The van der Waals surface area contributed by atoms with Crippen molar-refractivity contribution < 1.29 is 69.7 Å². The molecule has 10 atom stereocenters. The molecule has 1 aromatic carbocycles. The summed E-state index contributed by atoms with van der Waals surface area (Å²) < 4.78 is 20.8. The van der Waals surface area contributed by atoms with E-state index in [2.05, 4.69) is 0 Å². The second-order valence-corrected chi connectivity index (χ2v) is 8.06. The number of hydrogen-bond donors (Lipinski definition) is 9. The molecule has 0 aromatic heterocycles. The van der Waals surface area contributed by atoms with E-state index in [0.29, 0.717) is 5.56 Å². The Morgan fingerprint density at radius 3 is 2.06 bits per heavy atom. The number of phenolic OH excluding ortho intramolecular Hbond substituents is 2. The first-order valence-corrected chi connectivity index (χ1v) is 10.6. The highest BCUT2D eigenvalue weighted by Crippen LogP contribution is 2.27. The lowest BCUT2D eigenvalue weighted by Gasteiger charge is -2.42. The second-order valence-electron chi connectivity index (χ2n) is 8.06. The standard InChI is InChI=1S/C21H28O14/c22-6-11-14(26)16(28)18(30)20(33-11)32-7-12-15(27)17(29)19(31)21(34-12)35-13(25)4-2-8-1-3-9(23)10(24)5-8/h1-5,11-12,14-24,26-31H,6-7H2/b4-2+/t11-,12-,14-,15-,16+,17+,18-,19-,20?,21+/m1/s1. The topological polar surface area (TPSA) is 236 Å². The van der Waals surface area contributed by atoms with Crippen molar-refractivity contribution >= 4 is 12.0 Å². The van der Waals surface area contributed by atoms with E-state index in [-0.39, 0.29) is 5.75 Å². The quantitative estimate of drug-likeness (QED) is 0.0986. The predicted octanol–water partition coefficient (Wildman–Crippen LogP) is -3.72. The molecule has 2 aliphatic rings. The van der Waals surface area contributed by atoms with Gasteiger partial charge in [0, 0.05) is 6.08 Å². The molecule has 2 saturated heterocycles. The van der Waals surface area contributed by atoms with E-state index >= 15 is 0 Å². The maximum atomic E-state index is 12.1. The fraction of sp³-hybridized carbons (Fsp3) is 0.571. The zero-order chi connectivity index (χ0) is 25.9. The molecule has 9 N–H and O–H groups in total. The van der Waals surface area contributed by atoms with Crippen molar-refractivity contribution in [3.05, 3.63) is 29.8 Å². The van der Waals surface area contributed by atoms with Gasteiger partial charge in [-0.3, -0.25) is 0 Å². The second kappa shape index (κ2) is 11.6. The van der Waals surface area contributed by atoms with Crippen molar-refractivity contribution in [2.24, 2.45) is 0 Å². The predicted molar refractivity (Wildman–Crippen MR) is 111 cm³/mol. The number of carbonyl (C=O) groups excluding carboxylic acids is 1. The number of ether oxygens (including phenoxy) is 4. The van der Waals surface area contributed by atoms with E-state index in [0.717, 1.165) is 6.08 Å². The van der Waals surface area contributed by atoms with Gasteiger partial charge in [0.2, 0.25) is 6.29 Å². The van der Waals surface area contributed by atoms with Crippen LogP contribution in [0, 0.1) is 0 Å². The van der Waals surface area contributed by atoms with Crippen LogP contribution in [-0.2, 0) is 23.7 Å². The third-order valence-electron chi connectivity index (χ3n) is 5.59. The molecular formula is C21H28O14. The molecule has 0 amide bonds. The molecular weight excluding hydrogens is 476 g/mol. The van der Waals surface area contributed by atoms with Gasteiger partial charge in [0.15, 0.2) is 17.8 Å². The van der Waals surface area contributed by atoms with Crippen molar-refractivity contribution in [3.8, 4) is 11.5 Å². The van der Waals surface area contributed by atoms with Crippen LogP contribution in [0.2, 0.25) is 0 Å². The lowest BCUT2D eigenvalue weighted by atomic mass is 9.98. The van der Waals surface area contributed by atoms with Gasteiger partial charge in [-0.25, -0.2) is 4.79 Å².